The van der Waals surface area contributed by atoms with Crippen molar-refractivity contribution in [1.82, 2.24) is 4.98 Å². The van der Waals surface area contributed by atoms with Gasteiger partial charge in [-0.3, -0.25) is 4.79 Å². The molecule has 1 heterocycles. The lowest BCUT2D eigenvalue weighted by Crippen LogP contribution is -2.10. The number of carbonyl (C=O) groups is 1. The van der Waals surface area contributed by atoms with Crippen LogP contribution in [-0.4, -0.2) is 31.6 Å². The number of Topliss-reactive ketones (excluding diaryl/α,β-unsaturated/α-hetero) is 1. The monoisotopic (exact) mass is 199 g/mol. The van der Waals surface area contributed by atoms with Crippen molar-refractivity contribution in [3.05, 3.63) is 23.6 Å². The summed E-state index contributed by atoms with van der Waals surface area (Å²) in [5.74, 6) is -0.838. The minimum absolute atomic E-state index is 0.0920. The van der Waals surface area contributed by atoms with Gasteiger partial charge in [-0.05, 0) is 6.07 Å². The normalized spacial score (nSPS) is 9.93. The van der Waals surface area contributed by atoms with Gasteiger partial charge in [-0.15, -0.1) is 0 Å². The Morgan fingerprint density at radius 2 is 2.29 bits per heavy atom. The van der Waals surface area contributed by atoms with Gasteiger partial charge in [0.2, 0.25) is 5.88 Å². The molecule has 0 unspecified atom stereocenters. The standard InChI is InChI=1S/C9H10FNO3/c1-13-5-8(12)7-3-6(10)4-11-9(7)14-2/h3-4H,5H2,1-2H3. The van der Waals surface area contributed by atoms with Gasteiger partial charge in [0.05, 0.1) is 18.9 Å². The smallest absolute Gasteiger partial charge is 0.224 e. The number of ketones is 1. The van der Waals surface area contributed by atoms with Gasteiger partial charge in [0.15, 0.2) is 5.78 Å². The van der Waals surface area contributed by atoms with Crippen molar-refractivity contribution in [1.29, 1.82) is 0 Å². The summed E-state index contributed by atoms with van der Waals surface area (Å²) in [6.45, 7) is -0.124. The van der Waals surface area contributed by atoms with Crippen LogP contribution < -0.4 is 4.74 Å². The second-order valence-corrected chi connectivity index (χ2v) is 2.57. The van der Waals surface area contributed by atoms with E-state index in [9.17, 15) is 9.18 Å². The first-order valence-corrected chi connectivity index (χ1v) is 3.90. The molecule has 0 amide bonds. The Hall–Kier alpha value is -1.49. The molecule has 4 nitrogen and oxygen atoms in total. The third-order valence-corrected chi connectivity index (χ3v) is 1.59. The zero-order valence-electron chi connectivity index (χ0n) is 7.91. The van der Waals surface area contributed by atoms with Crippen LogP contribution in [0.4, 0.5) is 4.39 Å². The second kappa shape index (κ2) is 4.66. The van der Waals surface area contributed by atoms with E-state index in [0.29, 0.717) is 0 Å². The predicted molar refractivity (Wildman–Crippen MR) is 47.0 cm³/mol. The molecule has 0 fully saturated rings. The fourth-order valence-electron chi connectivity index (χ4n) is 0.998. The minimum atomic E-state index is -0.578. The Morgan fingerprint density at radius 1 is 1.57 bits per heavy atom. The van der Waals surface area contributed by atoms with Crippen LogP contribution in [-0.2, 0) is 4.74 Å². The van der Waals surface area contributed by atoms with E-state index in [0.717, 1.165) is 12.3 Å². The molecule has 0 spiro atoms. The van der Waals surface area contributed by atoms with Gasteiger partial charge < -0.3 is 9.47 Å². The van der Waals surface area contributed by atoms with Crippen molar-refractivity contribution in [2.24, 2.45) is 0 Å². The molecule has 0 atom stereocenters. The molecule has 0 saturated carbocycles. The molecule has 0 radical (unpaired) electrons. The first-order chi connectivity index (χ1) is 6.69. The van der Waals surface area contributed by atoms with Gasteiger partial charge in [-0.2, -0.15) is 0 Å². The highest BCUT2D eigenvalue weighted by atomic mass is 19.1. The van der Waals surface area contributed by atoms with E-state index in [1.807, 2.05) is 0 Å². The Bertz CT molecular complexity index is 341. The summed E-state index contributed by atoms with van der Waals surface area (Å²) in [6.07, 6.45) is 0.989. The second-order valence-electron chi connectivity index (χ2n) is 2.57. The molecule has 1 aromatic rings. The van der Waals surface area contributed by atoms with Gasteiger partial charge in [0.25, 0.3) is 0 Å². The van der Waals surface area contributed by atoms with Crippen molar-refractivity contribution in [3.8, 4) is 5.88 Å². The summed E-state index contributed by atoms with van der Waals surface area (Å²) in [6, 6.07) is 1.08. The van der Waals surface area contributed by atoms with Gasteiger partial charge >= 0.3 is 0 Å². The van der Waals surface area contributed by atoms with Crippen LogP contribution in [0.15, 0.2) is 12.3 Å². The summed E-state index contributed by atoms with van der Waals surface area (Å²) in [5.41, 5.74) is 0.0920. The molecule has 5 heteroatoms. The number of rotatable bonds is 4. The Balaban J connectivity index is 3.03. The van der Waals surface area contributed by atoms with E-state index in [1.165, 1.54) is 14.2 Å². The molecule has 0 N–H and O–H groups in total. The van der Waals surface area contributed by atoms with Crippen molar-refractivity contribution in [3.63, 3.8) is 0 Å². The Kier molecular flexibility index (Phi) is 3.53. The van der Waals surface area contributed by atoms with Crippen molar-refractivity contribution >= 4 is 5.78 Å². The van der Waals surface area contributed by atoms with Gasteiger partial charge in [0.1, 0.15) is 12.4 Å². The molecule has 0 bridgehead atoms. The number of hydrogen-bond acceptors (Lipinski definition) is 4. The van der Waals surface area contributed by atoms with Crippen LogP contribution >= 0.6 is 0 Å². The number of ether oxygens (including phenoxy) is 2. The lowest BCUT2D eigenvalue weighted by Gasteiger charge is -2.05. The minimum Gasteiger partial charge on any atom is -0.480 e. The SMILES string of the molecule is COCC(=O)c1cc(F)cnc1OC. The maximum atomic E-state index is 12.8. The molecule has 14 heavy (non-hydrogen) atoms. The largest absolute Gasteiger partial charge is 0.480 e. The van der Waals surface area contributed by atoms with Crippen LogP contribution in [0, 0.1) is 5.82 Å². The number of halogens is 1. The van der Waals surface area contributed by atoms with Gasteiger partial charge in [0, 0.05) is 7.11 Å². The molecule has 0 aliphatic heterocycles. The lowest BCUT2D eigenvalue weighted by atomic mass is 10.2. The topological polar surface area (TPSA) is 48.4 Å². The van der Waals surface area contributed by atoms with Crippen molar-refractivity contribution in [2.45, 2.75) is 0 Å². The van der Waals surface area contributed by atoms with Crippen LogP contribution in [0.2, 0.25) is 0 Å². The summed E-state index contributed by atoms with van der Waals surface area (Å²) in [7, 11) is 2.75. The zero-order chi connectivity index (χ0) is 10.6. The fourth-order valence-corrected chi connectivity index (χ4v) is 0.998. The molecular formula is C9H10FNO3. The zero-order valence-corrected chi connectivity index (χ0v) is 7.91. The maximum absolute atomic E-state index is 12.8. The van der Waals surface area contributed by atoms with Crippen molar-refractivity contribution in [2.75, 3.05) is 20.8 Å². The highest BCUT2D eigenvalue weighted by Gasteiger charge is 2.14. The van der Waals surface area contributed by atoms with E-state index < -0.39 is 5.82 Å². The van der Waals surface area contributed by atoms with E-state index in [-0.39, 0.29) is 23.8 Å². The van der Waals surface area contributed by atoms with E-state index in [1.54, 1.807) is 0 Å². The Labute approximate surface area is 80.7 Å². The third-order valence-electron chi connectivity index (χ3n) is 1.59. The fraction of sp³-hybridized carbons (Fsp3) is 0.333. The third kappa shape index (κ3) is 2.26. The summed E-state index contributed by atoms with van der Waals surface area (Å²) < 4.78 is 22.2. The number of nitrogens with zero attached hydrogens (tertiary/aromatic N) is 1. The summed E-state index contributed by atoms with van der Waals surface area (Å²) in [4.78, 5) is 15.0. The molecular weight excluding hydrogens is 189 g/mol. The molecule has 1 rings (SSSR count). The number of methoxy groups -OCH3 is 2. The van der Waals surface area contributed by atoms with Gasteiger partial charge in [-0.25, -0.2) is 9.37 Å². The van der Waals surface area contributed by atoms with Crippen LogP contribution in [0.1, 0.15) is 10.4 Å². The molecule has 0 aliphatic rings. The average molecular weight is 199 g/mol. The maximum Gasteiger partial charge on any atom is 0.224 e. The average Bonchev–Trinajstić information content (AvgIpc) is 2.18. The van der Waals surface area contributed by atoms with E-state index in [2.05, 4.69) is 9.72 Å². The lowest BCUT2D eigenvalue weighted by molar-refractivity contribution is 0.0843. The molecule has 0 aliphatic carbocycles. The van der Waals surface area contributed by atoms with E-state index >= 15 is 0 Å². The highest BCUT2D eigenvalue weighted by molar-refractivity contribution is 5.99. The summed E-state index contributed by atoms with van der Waals surface area (Å²) in [5, 5.41) is 0. The van der Waals surface area contributed by atoms with Crippen LogP contribution in [0.3, 0.4) is 0 Å². The van der Waals surface area contributed by atoms with Crippen LogP contribution in [0.25, 0.3) is 0 Å². The van der Waals surface area contributed by atoms with E-state index in [4.69, 9.17) is 4.74 Å². The Morgan fingerprint density at radius 3 is 2.86 bits per heavy atom. The highest BCUT2D eigenvalue weighted by Crippen LogP contribution is 2.16. The molecule has 76 valence electrons. The number of aromatic nitrogens is 1. The quantitative estimate of drug-likeness (QED) is 0.680. The molecule has 1 aromatic heterocycles. The number of carbonyl (C=O) groups excluding carboxylic acids is 1. The first-order valence-electron chi connectivity index (χ1n) is 3.90. The molecule has 0 saturated heterocycles. The first kappa shape index (κ1) is 10.6. The molecule has 0 aromatic carbocycles. The summed E-state index contributed by atoms with van der Waals surface area (Å²) >= 11 is 0. The van der Waals surface area contributed by atoms with Crippen LogP contribution in [0.5, 0.6) is 5.88 Å². The van der Waals surface area contributed by atoms with Gasteiger partial charge in [-0.1, -0.05) is 0 Å². The van der Waals surface area contributed by atoms with Crippen molar-refractivity contribution < 1.29 is 18.7 Å². The number of pyridine rings is 1. The predicted octanol–water partition coefficient (Wildman–Crippen LogP) is 1.06. The number of hydrogen-bond donors (Lipinski definition) is 0.